The van der Waals surface area contributed by atoms with Gasteiger partial charge in [0.2, 0.25) is 5.91 Å². The fraction of sp³-hybridized carbons (Fsp3) is 0.692. The second-order valence-corrected chi connectivity index (χ2v) is 5.17. The van der Waals surface area contributed by atoms with Crippen LogP contribution in [-0.4, -0.2) is 42.1 Å². The molecule has 3 N–H and O–H groups in total. The molecule has 0 bridgehead atoms. The summed E-state index contributed by atoms with van der Waals surface area (Å²) in [4.78, 5) is 14.1. The number of piperidine rings is 1. The van der Waals surface area contributed by atoms with E-state index in [2.05, 4.69) is 15.4 Å². The topological polar surface area (TPSA) is 84.4 Å². The molecule has 0 saturated carbocycles. The van der Waals surface area contributed by atoms with E-state index >= 15 is 0 Å². The number of hydrogen-bond acceptors (Lipinski definition) is 5. The minimum absolute atomic E-state index is 0.0248. The van der Waals surface area contributed by atoms with Gasteiger partial charge in [0, 0.05) is 25.6 Å². The van der Waals surface area contributed by atoms with Crippen LogP contribution in [0.5, 0.6) is 0 Å². The van der Waals surface area contributed by atoms with Crippen molar-refractivity contribution in [1.29, 1.82) is 0 Å². The van der Waals surface area contributed by atoms with Crippen LogP contribution in [0.15, 0.2) is 10.6 Å². The Balaban J connectivity index is 1.71. The van der Waals surface area contributed by atoms with Crippen molar-refractivity contribution in [3.05, 3.63) is 11.8 Å². The smallest absolute Gasteiger partial charge is 0.226 e. The van der Waals surface area contributed by atoms with Crippen molar-refractivity contribution in [1.82, 2.24) is 10.1 Å². The lowest BCUT2D eigenvalue weighted by molar-refractivity contribution is -0.116. The zero-order valence-electron chi connectivity index (χ0n) is 11.4. The van der Waals surface area contributed by atoms with E-state index in [1.807, 2.05) is 0 Å². The van der Waals surface area contributed by atoms with E-state index < -0.39 is 0 Å². The number of aromatic nitrogens is 1. The second kappa shape index (κ2) is 6.68. The average molecular weight is 266 g/mol. The summed E-state index contributed by atoms with van der Waals surface area (Å²) in [6.07, 6.45) is 2.85. The maximum absolute atomic E-state index is 11.8. The number of likely N-dealkylation sites (tertiary alicyclic amines) is 1. The van der Waals surface area contributed by atoms with Crippen molar-refractivity contribution in [3.63, 3.8) is 0 Å². The molecule has 1 aromatic rings. The highest BCUT2D eigenvalue weighted by Gasteiger charge is 2.19. The van der Waals surface area contributed by atoms with Gasteiger partial charge < -0.3 is 20.5 Å². The molecule has 1 amide bonds. The number of nitrogens with two attached hydrogens (primary N) is 1. The van der Waals surface area contributed by atoms with E-state index in [0.29, 0.717) is 23.9 Å². The highest BCUT2D eigenvalue weighted by atomic mass is 16.5. The van der Waals surface area contributed by atoms with E-state index in [1.54, 1.807) is 13.0 Å². The predicted octanol–water partition coefficient (Wildman–Crippen LogP) is 0.982. The zero-order chi connectivity index (χ0) is 13.7. The molecule has 0 radical (unpaired) electrons. The first-order valence-electron chi connectivity index (χ1n) is 6.83. The largest absolute Gasteiger partial charge is 0.360 e. The third kappa shape index (κ3) is 4.33. The van der Waals surface area contributed by atoms with Gasteiger partial charge in [-0.2, -0.15) is 0 Å². The molecule has 1 unspecified atom stereocenters. The van der Waals surface area contributed by atoms with Crippen LogP contribution in [0.2, 0.25) is 0 Å². The van der Waals surface area contributed by atoms with E-state index in [-0.39, 0.29) is 5.91 Å². The van der Waals surface area contributed by atoms with Crippen LogP contribution in [-0.2, 0) is 4.79 Å². The van der Waals surface area contributed by atoms with Crippen molar-refractivity contribution in [2.24, 2.45) is 11.7 Å². The molecule has 2 rings (SSSR count). The number of rotatable bonds is 5. The lowest BCUT2D eigenvalue weighted by Crippen LogP contribution is -2.39. The Labute approximate surface area is 113 Å². The summed E-state index contributed by atoms with van der Waals surface area (Å²) in [5, 5.41) is 6.47. The minimum atomic E-state index is -0.0248. The molecule has 6 heteroatoms. The van der Waals surface area contributed by atoms with E-state index in [0.717, 1.165) is 26.2 Å². The standard InChI is InChI=1S/C13H22N4O2/c1-10-7-12(16-19-10)15-13(18)4-6-17-5-2-3-11(8-14)9-17/h7,11H,2-6,8-9,14H2,1H3,(H,15,16,18). The predicted molar refractivity (Wildman–Crippen MR) is 72.7 cm³/mol. The Kier molecular flexibility index (Phi) is 4.93. The second-order valence-electron chi connectivity index (χ2n) is 5.17. The molecule has 0 aliphatic carbocycles. The molecule has 1 atom stereocenters. The quantitative estimate of drug-likeness (QED) is 0.830. The van der Waals surface area contributed by atoms with E-state index in [1.165, 1.54) is 12.8 Å². The Morgan fingerprint density at radius 1 is 1.68 bits per heavy atom. The van der Waals surface area contributed by atoms with Crippen molar-refractivity contribution >= 4 is 11.7 Å². The van der Waals surface area contributed by atoms with Crippen molar-refractivity contribution in [2.45, 2.75) is 26.2 Å². The lowest BCUT2D eigenvalue weighted by atomic mass is 9.98. The Bertz CT molecular complexity index is 419. The molecule has 1 saturated heterocycles. The number of carbonyl (C=O) groups is 1. The van der Waals surface area contributed by atoms with Gasteiger partial charge >= 0.3 is 0 Å². The molecule has 19 heavy (non-hydrogen) atoms. The SMILES string of the molecule is Cc1cc(NC(=O)CCN2CCCC(CN)C2)no1. The normalized spacial score (nSPS) is 20.4. The highest BCUT2D eigenvalue weighted by molar-refractivity contribution is 5.89. The number of amides is 1. The van der Waals surface area contributed by atoms with Gasteiger partial charge in [0.25, 0.3) is 0 Å². The van der Waals surface area contributed by atoms with Crippen molar-refractivity contribution in [2.75, 3.05) is 31.5 Å². The van der Waals surface area contributed by atoms with Gasteiger partial charge in [-0.15, -0.1) is 0 Å². The average Bonchev–Trinajstić information content (AvgIpc) is 2.82. The van der Waals surface area contributed by atoms with Crippen molar-refractivity contribution in [3.8, 4) is 0 Å². The number of aryl methyl sites for hydroxylation is 1. The number of anilines is 1. The van der Waals surface area contributed by atoms with Crippen LogP contribution in [0.3, 0.4) is 0 Å². The molecule has 1 aromatic heterocycles. The fourth-order valence-corrected chi connectivity index (χ4v) is 2.44. The Morgan fingerprint density at radius 2 is 2.53 bits per heavy atom. The summed E-state index contributed by atoms with van der Waals surface area (Å²) in [5.74, 6) is 1.73. The zero-order valence-corrected chi connectivity index (χ0v) is 11.4. The number of hydrogen-bond donors (Lipinski definition) is 2. The summed E-state index contributed by atoms with van der Waals surface area (Å²) in [6.45, 7) is 5.38. The first-order chi connectivity index (χ1) is 9.17. The maximum atomic E-state index is 11.8. The Morgan fingerprint density at radius 3 is 3.21 bits per heavy atom. The van der Waals surface area contributed by atoms with Crippen LogP contribution in [0, 0.1) is 12.8 Å². The molecule has 6 nitrogen and oxygen atoms in total. The van der Waals surface area contributed by atoms with Gasteiger partial charge in [-0.3, -0.25) is 4.79 Å². The van der Waals surface area contributed by atoms with Crippen molar-refractivity contribution < 1.29 is 9.32 Å². The van der Waals surface area contributed by atoms with E-state index in [4.69, 9.17) is 10.3 Å². The maximum Gasteiger partial charge on any atom is 0.226 e. The van der Waals surface area contributed by atoms with Crippen LogP contribution in [0.25, 0.3) is 0 Å². The van der Waals surface area contributed by atoms with Gasteiger partial charge in [0.15, 0.2) is 5.82 Å². The van der Waals surface area contributed by atoms with Gasteiger partial charge in [0.1, 0.15) is 5.76 Å². The van der Waals surface area contributed by atoms with Crippen LogP contribution < -0.4 is 11.1 Å². The lowest BCUT2D eigenvalue weighted by Gasteiger charge is -2.31. The molecular formula is C13H22N4O2. The fourth-order valence-electron chi connectivity index (χ4n) is 2.44. The van der Waals surface area contributed by atoms with Crippen LogP contribution in [0.1, 0.15) is 25.0 Å². The molecular weight excluding hydrogens is 244 g/mol. The number of carbonyl (C=O) groups excluding carboxylic acids is 1. The third-order valence-electron chi connectivity index (χ3n) is 3.49. The third-order valence-corrected chi connectivity index (χ3v) is 3.49. The summed E-state index contributed by atoms with van der Waals surface area (Å²) >= 11 is 0. The first-order valence-corrected chi connectivity index (χ1v) is 6.83. The molecule has 106 valence electrons. The van der Waals surface area contributed by atoms with Gasteiger partial charge in [-0.05, 0) is 38.8 Å². The van der Waals surface area contributed by atoms with Gasteiger partial charge in [-0.1, -0.05) is 5.16 Å². The summed E-state index contributed by atoms with van der Waals surface area (Å²) in [6, 6.07) is 1.71. The molecule has 1 aliphatic rings. The molecule has 1 aliphatic heterocycles. The Hall–Kier alpha value is -1.40. The molecule has 1 fully saturated rings. The molecule has 2 heterocycles. The summed E-state index contributed by atoms with van der Waals surface area (Å²) in [5.41, 5.74) is 5.70. The van der Waals surface area contributed by atoms with Gasteiger partial charge in [-0.25, -0.2) is 0 Å². The summed E-state index contributed by atoms with van der Waals surface area (Å²) in [7, 11) is 0. The molecule has 0 spiro atoms. The van der Waals surface area contributed by atoms with E-state index in [9.17, 15) is 4.79 Å². The molecule has 0 aromatic carbocycles. The van der Waals surface area contributed by atoms with Crippen LogP contribution in [0.4, 0.5) is 5.82 Å². The number of nitrogens with one attached hydrogen (secondary N) is 1. The number of nitrogens with zero attached hydrogens (tertiary/aromatic N) is 2. The minimum Gasteiger partial charge on any atom is -0.360 e. The van der Waals surface area contributed by atoms with Gasteiger partial charge in [0.05, 0.1) is 0 Å². The van der Waals surface area contributed by atoms with Crippen LogP contribution >= 0.6 is 0 Å². The highest BCUT2D eigenvalue weighted by Crippen LogP contribution is 2.15. The summed E-state index contributed by atoms with van der Waals surface area (Å²) < 4.78 is 4.90. The first kappa shape index (κ1) is 14.0. The monoisotopic (exact) mass is 266 g/mol.